The Kier molecular flexibility index (Phi) is 5.62. The third kappa shape index (κ3) is 4.81. The number of nitrogens with one attached hydrogen (secondary N) is 1. The highest BCUT2D eigenvalue weighted by Gasteiger charge is 2.47. The SMILES string of the molecule is CC1(C)CCC(NC(=O)C[N+](C)(C)Cc2ccccc2)C(C)(C)N1O. The van der Waals surface area contributed by atoms with E-state index in [4.69, 9.17) is 0 Å². The second-order valence-corrected chi connectivity index (χ2v) is 9.17. The van der Waals surface area contributed by atoms with Gasteiger partial charge in [-0.3, -0.25) is 4.79 Å². The molecule has 1 aromatic carbocycles. The molecule has 0 aliphatic carbocycles. The van der Waals surface area contributed by atoms with Gasteiger partial charge in [-0.1, -0.05) is 30.3 Å². The maximum atomic E-state index is 12.6. The number of quaternary nitrogens is 1. The van der Waals surface area contributed by atoms with E-state index in [0.29, 0.717) is 11.0 Å². The lowest BCUT2D eigenvalue weighted by atomic mass is 9.78. The third-order valence-corrected chi connectivity index (χ3v) is 5.38. The normalized spacial score (nSPS) is 23.2. The van der Waals surface area contributed by atoms with Crippen molar-refractivity contribution in [3.05, 3.63) is 35.9 Å². The van der Waals surface area contributed by atoms with Gasteiger partial charge >= 0.3 is 0 Å². The van der Waals surface area contributed by atoms with E-state index in [9.17, 15) is 10.0 Å². The van der Waals surface area contributed by atoms with E-state index in [1.165, 1.54) is 10.6 Å². The lowest BCUT2D eigenvalue weighted by Crippen LogP contribution is -2.67. The number of amides is 1. The number of likely N-dealkylation sites (N-methyl/N-ethyl adjacent to an activating group) is 1. The molecule has 0 aromatic heterocycles. The molecule has 5 heteroatoms. The largest absolute Gasteiger partial charge is 0.347 e. The maximum absolute atomic E-state index is 12.6. The van der Waals surface area contributed by atoms with Gasteiger partial charge in [0.2, 0.25) is 0 Å². The van der Waals surface area contributed by atoms with Gasteiger partial charge in [0.25, 0.3) is 5.91 Å². The quantitative estimate of drug-likeness (QED) is 0.805. The molecule has 0 saturated carbocycles. The zero-order valence-electron chi connectivity index (χ0n) is 16.5. The summed E-state index contributed by atoms with van der Waals surface area (Å²) < 4.78 is 0.595. The first-order valence-corrected chi connectivity index (χ1v) is 9.09. The summed E-state index contributed by atoms with van der Waals surface area (Å²) in [4.78, 5) is 12.6. The minimum atomic E-state index is -0.492. The van der Waals surface area contributed by atoms with Gasteiger partial charge in [0.05, 0.1) is 19.6 Å². The number of carbonyl (C=O) groups excluding carboxylic acids is 1. The van der Waals surface area contributed by atoms with Crippen LogP contribution < -0.4 is 5.32 Å². The van der Waals surface area contributed by atoms with Crippen LogP contribution >= 0.6 is 0 Å². The average Bonchev–Trinajstić information content (AvgIpc) is 2.49. The van der Waals surface area contributed by atoms with Gasteiger partial charge in [0, 0.05) is 17.1 Å². The number of carbonyl (C=O) groups is 1. The van der Waals surface area contributed by atoms with Crippen LogP contribution in [0.2, 0.25) is 0 Å². The van der Waals surface area contributed by atoms with Crippen LogP contribution in [0.3, 0.4) is 0 Å². The van der Waals surface area contributed by atoms with Crippen LogP contribution in [0.5, 0.6) is 0 Å². The fraction of sp³-hybridized carbons (Fsp3) is 0.650. The Hall–Kier alpha value is -1.43. The number of hydrogen-bond donors (Lipinski definition) is 2. The molecule has 0 spiro atoms. The van der Waals surface area contributed by atoms with E-state index in [1.807, 2.05) is 45.9 Å². The van der Waals surface area contributed by atoms with Crippen molar-refractivity contribution >= 4 is 5.91 Å². The molecule has 1 aliphatic rings. The fourth-order valence-electron chi connectivity index (χ4n) is 3.90. The molecule has 5 nitrogen and oxygen atoms in total. The molecular formula is C20H34N3O2+. The summed E-state index contributed by atoms with van der Waals surface area (Å²) in [5, 5.41) is 15.1. The van der Waals surface area contributed by atoms with Crippen LogP contribution in [0, 0.1) is 0 Å². The smallest absolute Gasteiger partial charge is 0.275 e. The highest BCUT2D eigenvalue weighted by atomic mass is 16.5. The molecule has 1 unspecified atom stereocenters. The van der Waals surface area contributed by atoms with Crippen molar-refractivity contribution < 1.29 is 14.5 Å². The summed E-state index contributed by atoms with van der Waals surface area (Å²) in [6, 6.07) is 10.2. The Morgan fingerprint density at radius 1 is 1.24 bits per heavy atom. The molecule has 1 saturated heterocycles. The molecule has 2 N–H and O–H groups in total. The second kappa shape index (κ2) is 7.06. The molecule has 0 radical (unpaired) electrons. The number of nitrogens with zero attached hydrogens (tertiary/aromatic N) is 2. The Balaban J connectivity index is 1.97. The predicted molar refractivity (Wildman–Crippen MR) is 100 cm³/mol. The first-order valence-electron chi connectivity index (χ1n) is 9.09. The molecule has 1 amide bonds. The van der Waals surface area contributed by atoms with Gasteiger partial charge in [0.15, 0.2) is 6.54 Å². The van der Waals surface area contributed by atoms with Crippen LogP contribution in [0.15, 0.2) is 30.3 Å². The van der Waals surface area contributed by atoms with Crippen LogP contribution in [0.4, 0.5) is 0 Å². The highest BCUT2D eigenvalue weighted by molar-refractivity contribution is 5.77. The van der Waals surface area contributed by atoms with Gasteiger partial charge in [0.1, 0.15) is 6.54 Å². The molecule has 140 valence electrons. The molecule has 1 heterocycles. The Morgan fingerprint density at radius 3 is 2.44 bits per heavy atom. The molecule has 25 heavy (non-hydrogen) atoms. The van der Waals surface area contributed by atoms with Crippen molar-refractivity contribution in [2.24, 2.45) is 0 Å². The summed E-state index contributed by atoms with van der Waals surface area (Å²) in [6.07, 6.45) is 1.72. The molecule has 2 rings (SSSR count). The Bertz CT molecular complexity index is 596. The summed E-state index contributed by atoms with van der Waals surface area (Å²) in [6.45, 7) is 9.27. The van der Waals surface area contributed by atoms with E-state index in [2.05, 4.69) is 31.5 Å². The molecule has 1 atom stereocenters. The van der Waals surface area contributed by atoms with Gasteiger partial charge < -0.3 is 15.0 Å². The standard InChI is InChI=1S/C20H33N3O2/c1-19(2)13-12-17(20(3,4)22(19)25)21-18(24)15-23(5,6)14-16-10-8-7-9-11-16/h7-11,17,25H,12-15H2,1-6H3/p+1. The molecule has 1 fully saturated rings. The highest BCUT2D eigenvalue weighted by Crippen LogP contribution is 2.36. The molecular weight excluding hydrogens is 314 g/mol. The fourth-order valence-corrected chi connectivity index (χ4v) is 3.90. The van der Waals surface area contributed by atoms with Gasteiger partial charge in [-0.2, -0.15) is 5.06 Å². The van der Waals surface area contributed by atoms with E-state index >= 15 is 0 Å². The first kappa shape index (κ1) is 19.9. The van der Waals surface area contributed by atoms with Crippen molar-refractivity contribution in [2.45, 2.75) is 64.2 Å². The number of hydroxylamine groups is 2. The molecule has 1 aromatic rings. The summed E-state index contributed by atoms with van der Waals surface area (Å²) in [5.41, 5.74) is 0.461. The van der Waals surface area contributed by atoms with Gasteiger partial charge in [-0.25, -0.2) is 0 Å². The Morgan fingerprint density at radius 2 is 1.84 bits per heavy atom. The summed E-state index contributed by atoms with van der Waals surface area (Å²) >= 11 is 0. The first-order chi connectivity index (χ1) is 11.4. The monoisotopic (exact) mass is 348 g/mol. The van der Waals surface area contributed by atoms with Gasteiger partial charge in [-0.15, -0.1) is 0 Å². The lowest BCUT2D eigenvalue weighted by Gasteiger charge is -2.52. The van der Waals surface area contributed by atoms with Crippen molar-refractivity contribution in [1.82, 2.24) is 10.4 Å². The second-order valence-electron chi connectivity index (χ2n) is 9.17. The van der Waals surface area contributed by atoms with Crippen LogP contribution in [0.25, 0.3) is 0 Å². The van der Waals surface area contributed by atoms with Crippen molar-refractivity contribution in [1.29, 1.82) is 0 Å². The van der Waals surface area contributed by atoms with Crippen LogP contribution in [-0.4, -0.2) is 58.4 Å². The maximum Gasteiger partial charge on any atom is 0.275 e. The Labute approximate surface area is 152 Å². The van der Waals surface area contributed by atoms with Crippen LogP contribution in [-0.2, 0) is 11.3 Å². The zero-order chi connectivity index (χ0) is 18.9. The minimum Gasteiger partial charge on any atom is -0.347 e. The molecule has 0 bridgehead atoms. The van der Waals surface area contributed by atoms with Crippen molar-refractivity contribution in [2.75, 3.05) is 20.6 Å². The number of piperidine rings is 1. The summed E-state index contributed by atoms with van der Waals surface area (Å²) in [5.74, 6) is 0.0344. The lowest BCUT2D eigenvalue weighted by molar-refractivity contribution is -0.895. The van der Waals surface area contributed by atoms with E-state index in [1.54, 1.807) is 0 Å². The third-order valence-electron chi connectivity index (χ3n) is 5.38. The van der Waals surface area contributed by atoms with E-state index in [-0.39, 0.29) is 17.5 Å². The number of hydrogen-bond acceptors (Lipinski definition) is 3. The van der Waals surface area contributed by atoms with Crippen molar-refractivity contribution in [3.63, 3.8) is 0 Å². The predicted octanol–water partition coefficient (Wildman–Crippen LogP) is 2.79. The van der Waals surface area contributed by atoms with Crippen molar-refractivity contribution in [3.8, 4) is 0 Å². The van der Waals surface area contributed by atoms with Crippen LogP contribution in [0.1, 0.15) is 46.1 Å². The van der Waals surface area contributed by atoms with E-state index < -0.39 is 5.54 Å². The van der Waals surface area contributed by atoms with Gasteiger partial charge in [-0.05, 0) is 40.5 Å². The number of rotatable bonds is 5. The van der Waals surface area contributed by atoms with E-state index in [0.717, 1.165) is 19.4 Å². The summed E-state index contributed by atoms with van der Waals surface area (Å²) in [7, 11) is 4.14. The molecule has 1 aliphatic heterocycles. The minimum absolute atomic E-state index is 0.0344. The number of benzene rings is 1. The topological polar surface area (TPSA) is 52.6 Å². The zero-order valence-corrected chi connectivity index (χ0v) is 16.5. The average molecular weight is 349 g/mol.